The first-order chi connectivity index (χ1) is 6.00. The molecule has 8 nitrogen and oxygen atoms in total. The molecule has 0 amide bonds. The fourth-order valence-corrected chi connectivity index (χ4v) is 0.878. The van der Waals surface area contributed by atoms with Gasteiger partial charge in [-0.3, -0.25) is 5.73 Å². The van der Waals surface area contributed by atoms with Crippen molar-refractivity contribution in [3.63, 3.8) is 0 Å². The fourth-order valence-electron chi connectivity index (χ4n) is 0.878. The Morgan fingerprint density at radius 2 is 1.85 bits per heavy atom. The van der Waals surface area contributed by atoms with Gasteiger partial charge in [0.05, 0.1) is 0 Å². The molecule has 0 aliphatic heterocycles. The molecule has 1 aromatic rings. The molecule has 0 unspecified atom stereocenters. The molecule has 1 rings (SSSR count). The van der Waals surface area contributed by atoms with Crippen molar-refractivity contribution in [2.45, 2.75) is 0 Å². The quantitative estimate of drug-likeness (QED) is 0.292. The van der Waals surface area contributed by atoms with E-state index in [1.54, 1.807) is 0 Å². The number of aromatic nitrogens is 2. The van der Waals surface area contributed by atoms with Crippen LogP contribution in [0.1, 0.15) is 0 Å². The summed E-state index contributed by atoms with van der Waals surface area (Å²) in [5.74, 6) is -1.28. The maximum atomic E-state index is 10.9. The standard InChI is InChI=1S/C5H9N5O3/c1-8-3-2(6)4(7)9(12)10(13)5(3)11/h8,11H,6-7H2,1H3. The highest BCUT2D eigenvalue weighted by atomic mass is 16.6. The van der Waals surface area contributed by atoms with Gasteiger partial charge in [0.15, 0.2) is 11.4 Å². The van der Waals surface area contributed by atoms with Crippen LogP contribution in [-0.2, 0) is 0 Å². The van der Waals surface area contributed by atoms with Crippen molar-refractivity contribution in [1.29, 1.82) is 0 Å². The Morgan fingerprint density at radius 1 is 1.31 bits per heavy atom. The summed E-state index contributed by atoms with van der Waals surface area (Å²) in [5, 5.41) is 33.3. The molecule has 6 N–H and O–H groups in total. The molecule has 0 aromatic carbocycles. The molecular weight excluding hydrogens is 178 g/mol. The second-order valence-electron chi connectivity index (χ2n) is 2.29. The molecule has 0 radical (unpaired) electrons. The predicted octanol–water partition coefficient (Wildman–Crippen LogP) is -2.13. The number of rotatable bonds is 1. The van der Waals surface area contributed by atoms with E-state index in [1.165, 1.54) is 7.05 Å². The van der Waals surface area contributed by atoms with Gasteiger partial charge in [-0.25, -0.2) is 0 Å². The minimum absolute atomic E-state index is 0.0698. The smallest absolute Gasteiger partial charge is 0.446 e. The molecule has 0 aliphatic carbocycles. The van der Waals surface area contributed by atoms with E-state index in [2.05, 4.69) is 5.32 Å². The third-order valence-electron chi connectivity index (χ3n) is 1.57. The zero-order chi connectivity index (χ0) is 10.2. The molecule has 72 valence electrons. The number of nitrogens with one attached hydrogen (secondary N) is 1. The Balaban J connectivity index is 3.56. The van der Waals surface area contributed by atoms with Crippen LogP contribution >= 0.6 is 0 Å². The summed E-state index contributed by atoms with van der Waals surface area (Å²) in [5.41, 5.74) is 10.3. The van der Waals surface area contributed by atoms with E-state index in [-0.39, 0.29) is 21.1 Å². The summed E-state index contributed by atoms with van der Waals surface area (Å²) in [4.78, 5) is -0.553. The molecule has 8 heteroatoms. The van der Waals surface area contributed by atoms with Gasteiger partial charge in [0.2, 0.25) is 0 Å². The molecule has 0 fully saturated rings. The van der Waals surface area contributed by atoms with Crippen LogP contribution in [0.15, 0.2) is 0 Å². The van der Waals surface area contributed by atoms with E-state index < -0.39 is 11.7 Å². The van der Waals surface area contributed by atoms with Gasteiger partial charge in [-0.1, -0.05) is 0 Å². The minimum Gasteiger partial charge on any atom is -0.657 e. The first-order valence-corrected chi connectivity index (χ1v) is 3.31. The van der Waals surface area contributed by atoms with Gasteiger partial charge in [-0.05, 0) is 0 Å². The van der Waals surface area contributed by atoms with Crippen molar-refractivity contribution in [3.05, 3.63) is 10.4 Å². The van der Waals surface area contributed by atoms with E-state index >= 15 is 0 Å². The van der Waals surface area contributed by atoms with Crippen molar-refractivity contribution in [2.75, 3.05) is 23.8 Å². The van der Waals surface area contributed by atoms with Gasteiger partial charge in [-0.2, -0.15) is 0 Å². The second kappa shape index (κ2) is 2.73. The monoisotopic (exact) mass is 187 g/mol. The van der Waals surface area contributed by atoms with Crippen molar-refractivity contribution in [1.82, 2.24) is 0 Å². The Hall–Kier alpha value is -2.12. The van der Waals surface area contributed by atoms with Crippen molar-refractivity contribution in [3.8, 4) is 5.88 Å². The first-order valence-electron chi connectivity index (χ1n) is 3.31. The number of nitrogens with zero attached hydrogens (tertiary/aromatic N) is 2. The summed E-state index contributed by atoms with van der Waals surface area (Å²) in [6, 6.07) is 0. The topological polar surface area (TPSA) is 138 Å². The lowest BCUT2D eigenvalue weighted by atomic mass is 10.3. The number of nitrogens with two attached hydrogens (primary N) is 2. The zero-order valence-electron chi connectivity index (χ0n) is 6.81. The molecule has 1 heterocycles. The van der Waals surface area contributed by atoms with Gasteiger partial charge < -0.3 is 26.6 Å². The maximum Gasteiger partial charge on any atom is 0.446 e. The molecule has 0 aliphatic rings. The number of anilines is 3. The second-order valence-corrected chi connectivity index (χ2v) is 2.29. The summed E-state index contributed by atoms with van der Waals surface area (Å²) in [6.45, 7) is 0. The van der Waals surface area contributed by atoms with Crippen molar-refractivity contribution in [2.24, 2.45) is 0 Å². The Labute approximate surface area is 73.1 Å². The summed E-state index contributed by atoms with van der Waals surface area (Å²) >= 11 is 0. The lowest BCUT2D eigenvalue weighted by Crippen LogP contribution is -2.62. The van der Waals surface area contributed by atoms with Crippen LogP contribution in [0.4, 0.5) is 17.2 Å². The third kappa shape index (κ3) is 1.08. The van der Waals surface area contributed by atoms with Gasteiger partial charge in [0.25, 0.3) is 0 Å². The van der Waals surface area contributed by atoms with Crippen LogP contribution in [0.3, 0.4) is 0 Å². The third-order valence-corrected chi connectivity index (χ3v) is 1.57. The Bertz CT molecular complexity index is 324. The number of nitrogen functional groups attached to an aromatic ring is 2. The molecule has 13 heavy (non-hydrogen) atoms. The lowest BCUT2D eigenvalue weighted by molar-refractivity contribution is -1.18. The summed E-state index contributed by atoms with van der Waals surface area (Å²) in [7, 11) is 1.43. The van der Waals surface area contributed by atoms with E-state index in [4.69, 9.17) is 16.6 Å². The van der Waals surface area contributed by atoms with Crippen LogP contribution in [0, 0.1) is 10.4 Å². The first kappa shape index (κ1) is 8.97. The van der Waals surface area contributed by atoms with E-state index in [0.717, 1.165) is 0 Å². The minimum atomic E-state index is -0.816. The predicted molar refractivity (Wildman–Crippen MR) is 44.4 cm³/mol. The van der Waals surface area contributed by atoms with Crippen molar-refractivity contribution >= 4 is 17.2 Å². The molecule has 0 atom stereocenters. The lowest BCUT2D eigenvalue weighted by Gasteiger charge is -2.10. The molecule has 0 saturated heterocycles. The highest BCUT2D eigenvalue weighted by Gasteiger charge is 2.25. The average molecular weight is 187 g/mol. The van der Waals surface area contributed by atoms with Crippen LogP contribution in [0.25, 0.3) is 0 Å². The largest absolute Gasteiger partial charge is 0.657 e. The number of hydrogen-bond donors (Lipinski definition) is 4. The summed E-state index contributed by atoms with van der Waals surface area (Å²) in [6.07, 6.45) is 0. The van der Waals surface area contributed by atoms with E-state index in [0.29, 0.717) is 0 Å². The van der Waals surface area contributed by atoms with Gasteiger partial charge in [0.1, 0.15) is 0 Å². The maximum absolute atomic E-state index is 10.9. The number of aromatic hydroxyl groups is 1. The van der Waals surface area contributed by atoms with Crippen molar-refractivity contribution < 1.29 is 14.8 Å². The number of hydrogen-bond acceptors (Lipinski definition) is 6. The fraction of sp³-hybridized carbons (Fsp3) is 0.200. The molecular formula is C5H9N5O3. The van der Waals surface area contributed by atoms with Crippen LogP contribution in [-0.4, -0.2) is 12.2 Å². The average Bonchev–Trinajstić information content (AvgIpc) is 2.13. The SMILES string of the molecule is CNc1c(N)c(N)[n+]([O-])[n+]([O-])c1O. The molecule has 0 spiro atoms. The zero-order valence-corrected chi connectivity index (χ0v) is 6.81. The van der Waals surface area contributed by atoms with Gasteiger partial charge in [0, 0.05) is 16.7 Å². The van der Waals surface area contributed by atoms with E-state index in [9.17, 15) is 10.4 Å². The van der Waals surface area contributed by atoms with Gasteiger partial charge >= 0.3 is 11.7 Å². The highest BCUT2D eigenvalue weighted by Crippen LogP contribution is 2.27. The van der Waals surface area contributed by atoms with Crippen LogP contribution in [0.2, 0.25) is 0 Å². The van der Waals surface area contributed by atoms with Crippen LogP contribution in [0.5, 0.6) is 5.88 Å². The summed E-state index contributed by atoms with van der Waals surface area (Å²) < 4.78 is 0. The van der Waals surface area contributed by atoms with Crippen LogP contribution < -0.4 is 26.5 Å². The van der Waals surface area contributed by atoms with E-state index in [1.807, 2.05) is 0 Å². The Kier molecular flexibility index (Phi) is 1.89. The molecule has 0 saturated carbocycles. The van der Waals surface area contributed by atoms with Gasteiger partial charge in [-0.15, -0.1) is 0 Å². The molecule has 1 aromatic heterocycles. The molecule has 0 bridgehead atoms. The normalized spacial score (nSPS) is 9.92. The Morgan fingerprint density at radius 3 is 2.31 bits per heavy atom. The highest BCUT2D eigenvalue weighted by molar-refractivity contribution is 5.76.